The van der Waals surface area contributed by atoms with Crippen LogP contribution < -0.4 is 10.1 Å². The lowest BCUT2D eigenvalue weighted by Crippen LogP contribution is -2.25. The number of aromatic nitrogens is 2. The van der Waals surface area contributed by atoms with E-state index in [-0.39, 0.29) is 22.4 Å². The van der Waals surface area contributed by atoms with Gasteiger partial charge in [0.15, 0.2) is 5.82 Å². The summed E-state index contributed by atoms with van der Waals surface area (Å²) in [5.74, 6) is 1.12. The lowest BCUT2D eigenvalue weighted by molar-refractivity contribution is -0.385. The maximum Gasteiger partial charge on any atom is 0.313 e. The molecule has 1 aromatic heterocycles. The van der Waals surface area contributed by atoms with Crippen LogP contribution in [0, 0.1) is 17.0 Å². The fourth-order valence-corrected chi connectivity index (χ4v) is 2.51. The van der Waals surface area contributed by atoms with Crippen LogP contribution in [0.1, 0.15) is 22.1 Å². The first-order valence-corrected chi connectivity index (χ1v) is 8.59. The van der Waals surface area contributed by atoms with Crippen molar-refractivity contribution < 1.29 is 19.0 Å². The molecule has 0 saturated carbocycles. The Morgan fingerprint density at radius 2 is 2.04 bits per heavy atom. The van der Waals surface area contributed by atoms with Gasteiger partial charge in [-0.15, -0.1) is 0 Å². The van der Waals surface area contributed by atoms with E-state index in [9.17, 15) is 14.9 Å². The number of halogens is 1. The van der Waals surface area contributed by atoms with E-state index in [2.05, 4.69) is 15.5 Å². The molecule has 0 aliphatic heterocycles. The fraction of sp³-hybridized carbons (Fsp3) is 0.167. The Kier molecular flexibility index (Phi) is 5.85. The maximum atomic E-state index is 12.2. The van der Waals surface area contributed by atoms with Gasteiger partial charge in [0.25, 0.3) is 5.91 Å². The normalized spacial score (nSPS) is 10.5. The lowest BCUT2D eigenvalue weighted by Gasteiger charge is -2.08. The van der Waals surface area contributed by atoms with Crippen molar-refractivity contribution in [2.75, 3.05) is 6.54 Å². The zero-order valence-corrected chi connectivity index (χ0v) is 15.5. The number of aryl methyl sites for hydroxylation is 1. The Morgan fingerprint density at radius 3 is 2.68 bits per heavy atom. The minimum atomic E-state index is -0.575. The molecule has 0 saturated heterocycles. The zero-order valence-electron chi connectivity index (χ0n) is 14.7. The van der Waals surface area contributed by atoms with Gasteiger partial charge in [-0.1, -0.05) is 16.8 Å². The van der Waals surface area contributed by atoms with E-state index in [4.69, 9.17) is 20.9 Å². The minimum absolute atomic E-state index is 0.0569. The highest BCUT2D eigenvalue weighted by Gasteiger charge is 2.16. The van der Waals surface area contributed by atoms with Crippen molar-refractivity contribution >= 4 is 23.2 Å². The Hall–Kier alpha value is -3.46. The number of benzene rings is 2. The van der Waals surface area contributed by atoms with Gasteiger partial charge in [0.1, 0.15) is 5.75 Å². The van der Waals surface area contributed by atoms with Crippen molar-refractivity contribution in [1.82, 2.24) is 15.5 Å². The number of carbonyl (C=O) groups excluding carboxylic acids is 1. The average molecular weight is 403 g/mol. The van der Waals surface area contributed by atoms with Crippen LogP contribution in [0.25, 0.3) is 0 Å². The second kappa shape index (κ2) is 8.49. The van der Waals surface area contributed by atoms with Crippen molar-refractivity contribution in [3.05, 3.63) is 74.9 Å². The topological polar surface area (TPSA) is 120 Å². The Bertz CT molecular complexity index is 1000. The molecule has 0 bridgehead atoms. The molecule has 144 valence electrons. The molecule has 3 aromatic rings. The van der Waals surface area contributed by atoms with Crippen molar-refractivity contribution in [3.63, 3.8) is 0 Å². The Labute approximate surface area is 164 Å². The van der Waals surface area contributed by atoms with Crippen molar-refractivity contribution in [3.8, 4) is 11.5 Å². The molecule has 2 aromatic carbocycles. The predicted octanol–water partition coefficient (Wildman–Crippen LogP) is 3.70. The number of carbonyl (C=O) groups is 1. The highest BCUT2D eigenvalue weighted by molar-refractivity contribution is 6.30. The highest BCUT2D eigenvalue weighted by atomic mass is 35.5. The zero-order chi connectivity index (χ0) is 20.1. The first-order chi connectivity index (χ1) is 13.4. The van der Waals surface area contributed by atoms with Gasteiger partial charge in [0, 0.05) is 29.6 Å². The molecule has 0 radical (unpaired) electrons. The summed E-state index contributed by atoms with van der Waals surface area (Å²) < 4.78 is 10.5. The molecule has 0 aliphatic carbocycles. The van der Waals surface area contributed by atoms with E-state index < -0.39 is 4.92 Å². The van der Waals surface area contributed by atoms with E-state index in [1.165, 1.54) is 18.2 Å². The number of hydrogen-bond acceptors (Lipinski definition) is 7. The number of ether oxygens (including phenoxy) is 1. The van der Waals surface area contributed by atoms with Crippen LogP contribution in [0.15, 0.2) is 47.0 Å². The van der Waals surface area contributed by atoms with Crippen molar-refractivity contribution in [2.24, 2.45) is 0 Å². The molecule has 1 amide bonds. The fourth-order valence-electron chi connectivity index (χ4n) is 2.35. The van der Waals surface area contributed by atoms with Crippen LogP contribution in [0.2, 0.25) is 5.02 Å². The van der Waals surface area contributed by atoms with E-state index in [1.54, 1.807) is 31.2 Å². The third-order valence-electron chi connectivity index (χ3n) is 3.66. The third-order valence-corrected chi connectivity index (χ3v) is 3.89. The van der Waals surface area contributed by atoms with E-state index in [0.717, 1.165) is 0 Å². The van der Waals surface area contributed by atoms with Crippen LogP contribution in [0.3, 0.4) is 0 Å². The maximum absolute atomic E-state index is 12.2. The number of nitro benzene ring substituents is 1. The molecule has 28 heavy (non-hydrogen) atoms. The molecule has 1 N–H and O–H groups in total. The molecule has 9 nitrogen and oxygen atoms in total. The van der Waals surface area contributed by atoms with Crippen LogP contribution in [-0.4, -0.2) is 27.5 Å². The lowest BCUT2D eigenvalue weighted by atomic mass is 10.2. The van der Waals surface area contributed by atoms with Gasteiger partial charge in [-0.2, -0.15) is 4.98 Å². The first kappa shape index (κ1) is 19.3. The van der Waals surface area contributed by atoms with Crippen LogP contribution in [0.5, 0.6) is 11.5 Å². The quantitative estimate of drug-likeness (QED) is 0.472. The summed E-state index contributed by atoms with van der Waals surface area (Å²) in [6, 6.07) is 10.3. The SMILES string of the molecule is Cc1noc(CCNC(=O)c2ccc(Oc3ccc(Cl)cc3[N+](=O)[O-])cc2)n1. The summed E-state index contributed by atoms with van der Waals surface area (Å²) in [4.78, 5) is 26.8. The molecule has 1 heterocycles. The smallest absolute Gasteiger partial charge is 0.313 e. The molecule has 0 fully saturated rings. The Morgan fingerprint density at radius 1 is 1.29 bits per heavy atom. The number of nitrogens with one attached hydrogen (secondary N) is 1. The second-order valence-electron chi connectivity index (χ2n) is 5.74. The third kappa shape index (κ3) is 4.83. The van der Waals surface area contributed by atoms with Crippen LogP contribution in [-0.2, 0) is 6.42 Å². The highest BCUT2D eigenvalue weighted by Crippen LogP contribution is 2.33. The van der Waals surface area contributed by atoms with Gasteiger partial charge in [0.05, 0.1) is 4.92 Å². The molecular weight excluding hydrogens is 388 g/mol. The van der Waals surface area contributed by atoms with Gasteiger partial charge in [0.2, 0.25) is 11.6 Å². The van der Waals surface area contributed by atoms with E-state index in [1.807, 2.05) is 0 Å². The summed E-state index contributed by atoms with van der Waals surface area (Å²) in [6.07, 6.45) is 0.425. The molecular formula is C18H15ClN4O5. The van der Waals surface area contributed by atoms with E-state index in [0.29, 0.717) is 36.0 Å². The minimum Gasteiger partial charge on any atom is -0.450 e. The van der Waals surface area contributed by atoms with Crippen molar-refractivity contribution in [2.45, 2.75) is 13.3 Å². The summed E-state index contributed by atoms with van der Waals surface area (Å²) in [6.45, 7) is 2.06. The van der Waals surface area contributed by atoms with Crippen molar-refractivity contribution in [1.29, 1.82) is 0 Å². The summed E-state index contributed by atoms with van der Waals surface area (Å²) >= 11 is 5.78. The number of rotatable bonds is 7. The average Bonchev–Trinajstić information content (AvgIpc) is 3.08. The van der Waals surface area contributed by atoms with Gasteiger partial charge in [-0.05, 0) is 43.3 Å². The monoisotopic (exact) mass is 402 g/mol. The van der Waals surface area contributed by atoms with Crippen LogP contribution in [0.4, 0.5) is 5.69 Å². The summed E-state index contributed by atoms with van der Waals surface area (Å²) in [7, 11) is 0. The van der Waals surface area contributed by atoms with Gasteiger partial charge in [-0.3, -0.25) is 14.9 Å². The predicted molar refractivity (Wildman–Crippen MR) is 99.7 cm³/mol. The second-order valence-corrected chi connectivity index (χ2v) is 6.17. The van der Waals surface area contributed by atoms with Crippen LogP contribution >= 0.6 is 11.6 Å². The standard InChI is InChI=1S/C18H15ClN4O5/c1-11-21-17(28-22-11)8-9-20-18(24)12-2-5-14(6-3-12)27-16-7-4-13(19)10-15(16)23(25)26/h2-7,10H,8-9H2,1H3,(H,20,24). The summed E-state index contributed by atoms with van der Waals surface area (Å²) in [5, 5.41) is 17.8. The van der Waals surface area contributed by atoms with Gasteiger partial charge in [-0.25, -0.2) is 0 Å². The Balaban J connectivity index is 1.60. The van der Waals surface area contributed by atoms with E-state index >= 15 is 0 Å². The number of nitrogens with zero attached hydrogens (tertiary/aromatic N) is 3. The number of amides is 1. The van der Waals surface area contributed by atoms with Gasteiger partial charge < -0.3 is 14.6 Å². The number of nitro groups is 1. The van der Waals surface area contributed by atoms with Gasteiger partial charge >= 0.3 is 5.69 Å². The molecule has 0 unspecified atom stereocenters. The largest absolute Gasteiger partial charge is 0.450 e. The molecule has 3 rings (SSSR count). The molecule has 0 atom stereocenters. The molecule has 10 heteroatoms. The first-order valence-electron chi connectivity index (χ1n) is 8.21. The summed E-state index contributed by atoms with van der Waals surface area (Å²) in [5.41, 5.74) is 0.172. The molecule has 0 aliphatic rings. The number of hydrogen-bond donors (Lipinski definition) is 1. The molecule has 0 spiro atoms.